The zero-order chi connectivity index (χ0) is 41.0. The quantitative estimate of drug-likeness (QED) is 0.164. The van der Waals surface area contributed by atoms with Gasteiger partial charge in [-0.2, -0.15) is 0 Å². The molecule has 61 heavy (non-hydrogen) atoms. The van der Waals surface area contributed by atoms with Crippen molar-refractivity contribution < 1.29 is 0 Å². The molecule has 0 saturated heterocycles. The SMILES string of the molecule is CC1(C)C2=CC=CCC2n2c1cc1c3ccccc3n(-c3ccc(-c4ccc(N(c5ccc(-c6ccccc6)cc5)c5ccc6c(c5)C(C)(C)c5ccccc5-6)cc4)cc3)c12. The van der Waals surface area contributed by atoms with Gasteiger partial charge in [0.05, 0.1) is 11.6 Å². The number of benzene rings is 7. The van der Waals surface area contributed by atoms with E-state index in [1.165, 1.54) is 83.4 Å². The fourth-order valence-electron chi connectivity index (χ4n) is 11.0. The first-order valence-electron chi connectivity index (χ1n) is 21.7. The van der Waals surface area contributed by atoms with Crippen molar-refractivity contribution in [2.45, 2.75) is 51.0 Å². The molecule has 1 unspecified atom stereocenters. The van der Waals surface area contributed by atoms with Crippen molar-refractivity contribution in [3.8, 4) is 39.1 Å². The fourth-order valence-corrected chi connectivity index (χ4v) is 11.0. The van der Waals surface area contributed by atoms with Gasteiger partial charge < -0.3 is 9.47 Å². The summed E-state index contributed by atoms with van der Waals surface area (Å²) in [7, 11) is 0. The predicted octanol–water partition coefficient (Wildman–Crippen LogP) is 15.4. The number of aromatic nitrogens is 2. The molecule has 3 nitrogen and oxygen atoms in total. The molecule has 1 atom stereocenters. The second-order valence-electron chi connectivity index (χ2n) is 18.2. The van der Waals surface area contributed by atoms with E-state index in [1.54, 1.807) is 0 Å². The van der Waals surface area contributed by atoms with Gasteiger partial charge in [-0.1, -0.05) is 161 Å². The number of rotatable bonds is 6. The van der Waals surface area contributed by atoms with Crippen LogP contribution in [0.2, 0.25) is 0 Å². The number of anilines is 3. The van der Waals surface area contributed by atoms with Gasteiger partial charge in [0.1, 0.15) is 5.65 Å². The van der Waals surface area contributed by atoms with E-state index in [-0.39, 0.29) is 10.8 Å². The number of para-hydroxylation sites is 1. The summed E-state index contributed by atoms with van der Waals surface area (Å²) in [4.78, 5) is 2.41. The number of hydrogen-bond acceptors (Lipinski definition) is 1. The van der Waals surface area contributed by atoms with Crippen LogP contribution in [0.4, 0.5) is 17.1 Å². The Balaban J connectivity index is 0.923. The van der Waals surface area contributed by atoms with Crippen LogP contribution >= 0.6 is 0 Å². The van der Waals surface area contributed by atoms with E-state index in [2.05, 4.69) is 236 Å². The van der Waals surface area contributed by atoms with Crippen molar-refractivity contribution in [1.82, 2.24) is 9.13 Å². The van der Waals surface area contributed by atoms with Gasteiger partial charge in [-0.15, -0.1) is 0 Å². The van der Waals surface area contributed by atoms with Gasteiger partial charge in [-0.25, -0.2) is 0 Å². The van der Waals surface area contributed by atoms with Gasteiger partial charge >= 0.3 is 0 Å². The highest BCUT2D eigenvalue weighted by Crippen LogP contribution is 2.53. The Kier molecular flexibility index (Phi) is 7.75. The van der Waals surface area contributed by atoms with Crippen LogP contribution in [0, 0.1) is 0 Å². The topological polar surface area (TPSA) is 13.1 Å². The highest BCUT2D eigenvalue weighted by molar-refractivity contribution is 6.09. The lowest BCUT2D eigenvalue weighted by Crippen LogP contribution is -2.17. The molecule has 3 aliphatic rings. The van der Waals surface area contributed by atoms with Crippen LogP contribution in [0.25, 0.3) is 61.0 Å². The molecular formula is C58H47N3. The summed E-state index contributed by atoms with van der Waals surface area (Å²) < 4.78 is 5.13. The van der Waals surface area contributed by atoms with E-state index in [1.807, 2.05) is 0 Å². The zero-order valence-electron chi connectivity index (χ0n) is 35.1. The fraction of sp³-hybridized carbons (Fsp3) is 0.138. The lowest BCUT2D eigenvalue weighted by atomic mass is 9.79. The van der Waals surface area contributed by atoms with Crippen molar-refractivity contribution >= 4 is 39.0 Å². The van der Waals surface area contributed by atoms with Crippen LogP contribution in [0.3, 0.4) is 0 Å². The molecule has 3 heterocycles. The molecule has 0 radical (unpaired) electrons. The monoisotopic (exact) mass is 785 g/mol. The number of hydrogen-bond donors (Lipinski definition) is 0. The van der Waals surface area contributed by atoms with Crippen molar-refractivity contribution in [2.24, 2.45) is 0 Å². The van der Waals surface area contributed by atoms with E-state index >= 15 is 0 Å². The molecular weight excluding hydrogens is 739 g/mol. The predicted molar refractivity (Wildman–Crippen MR) is 256 cm³/mol. The summed E-state index contributed by atoms with van der Waals surface area (Å²) >= 11 is 0. The molecule has 12 rings (SSSR count). The highest BCUT2D eigenvalue weighted by atomic mass is 15.2. The first-order valence-corrected chi connectivity index (χ1v) is 21.7. The molecule has 294 valence electrons. The number of nitrogens with zero attached hydrogens (tertiary/aromatic N) is 3. The molecule has 9 aromatic rings. The Hall–Kier alpha value is -7.10. The average molecular weight is 786 g/mol. The summed E-state index contributed by atoms with van der Waals surface area (Å²) in [5.74, 6) is 0. The number of fused-ring (bicyclic) bond motifs is 10. The maximum Gasteiger partial charge on any atom is 0.126 e. The van der Waals surface area contributed by atoms with Crippen molar-refractivity contribution in [2.75, 3.05) is 4.90 Å². The van der Waals surface area contributed by atoms with Crippen LogP contribution < -0.4 is 4.90 Å². The Bertz CT molecular complexity index is 3240. The van der Waals surface area contributed by atoms with Crippen LogP contribution in [0.1, 0.15) is 57.0 Å². The largest absolute Gasteiger partial charge is 0.322 e. The molecule has 0 fully saturated rings. The summed E-state index contributed by atoms with van der Waals surface area (Å²) in [5.41, 5.74) is 20.2. The van der Waals surface area contributed by atoms with Gasteiger partial charge in [0.15, 0.2) is 0 Å². The van der Waals surface area contributed by atoms with Crippen molar-refractivity contribution in [1.29, 1.82) is 0 Å². The summed E-state index contributed by atoms with van der Waals surface area (Å²) in [6.45, 7) is 9.49. The van der Waals surface area contributed by atoms with E-state index in [0.29, 0.717) is 6.04 Å². The van der Waals surface area contributed by atoms with Gasteiger partial charge in [0, 0.05) is 50.0 Å². The first-order chi connectivity index (χ1) is 29.8. The first kappa shape index (κ1) is 35.8. The van der Waals surface area contributed by atoms with Gasteiger partial charge in [-0.05, 0) is 117 Å². The van der Waals surface area contributed by atoms with Gasteiger partial charge in [0.2, 0.25) is 0 Å². The van der Waals surface area contributed by atoms with E-state index in [4.69, 9.17) is 0 Å². The van der Waals surface area contributed by atoms with E-state index < -0.39 is 0 Å². The average Bonchev–Trinajstić information content (AvgIpc) is 3.98. The molecule has 2 aliphatic carbocycles. The molecule has 0 bridgehead atoms. The second-order valence-corrected chi connectivity index (χ2v) is 18.2. The molecule has 7 aromatic carbocycles. The van der Waals surface area contributed by atoms with Gasteiger partial charge in [0.25, 0.3) is 0 Å². The van der Waals surface area contributed by atoms with Crippen molar-refractivity contribution in [3.05, 3.63) is 217 Å². The smallest absolute Gasteiger partial charge is 0.126 e. The molecule has 0 amide bonds. The minimum absolute atomic E-state index is 0.0133. The summed E-state index contributed by atoms with van der Waals surface area (Å²) in [6, 6.07) is 65.5. The lowest BCUT2D eigenvalue weighted by molar-refractivity contribution is 0.589. The molecule has 2 aromatic heterocycles. The minimum atomic E-state index is -0.0924. The molecule has 0 spiro atoms. The molecule has 0 N–H and O–H groups in total. The Labute approximate surface area is 358 Å². The Morgan fingerprint density at radius 2 is 1.10 bits per heavy atom. The summed E-state index contributed by atoms with van der Waals surface area (Å²) in [6.07, 6.45) is 7.94. The maximum absolute atomic E-state index is 2.64. The third-order valence-electron chi connectivity index (χ3n) is 14.1. The normalized spacial score (nSPS) is 16.6. The number of allylic oxidation sites excluding steroid dienone is 4. The summed E-state index contributed by atoms with van der Waals surface area (Å²) in [5, 5.41) is 2.64. The highest BCUT2D eigenvalue weighted by Gasteiger charge is 2.44. The van der Waals surface area contributed by atoms with Crippen molar-refractivity contribution in [3.63, 3.8) is 0 Å². The van der Waals surface area contributed by atoms with Crippen LogP contribution in [-0.2, 0) is 10.8 Å². The third-order valence-corrected chi connectivity index (χ3v) is 14.1. The third kappa shape index (κ3) is 5.29. The Morgan fingerprint density at radius 3 is 1.82 bits per heavy atom. The van der Waals surface area contributed by atoms with E-state index in [0.717, 1.165) is 23.5 Å². The second kappa shape index (κ2) is 13.2. The van der Waals surface area contributed by atoms with Crippen LogP contribution in [0.15, 0.2) is 200 Å². The zero-order valence-corrected chi connectivity index (χ0v) is 35.1. The standard InChI is InChI=1S/C58H47N3/c1-57(2)50-18-10-8-16-46(50)47-35-34-45(36-52(47)57)59(42-28-22-39(23-29-42)38-14-6-5-7-15-38)43-30-24-40(25-31-43)41-26-32-44(33-27-41)60-53-20-12-9-17-48(53)49-37-55-58(3,4)51-19-11-13-21-54(51)61(55)56(49)60/h5-20,22-37,54H,21H2,1-4H3. The van der Waals surface area contributed by atoms with Crippen LogP contribution in [-0.4, -0.2) is 9.13 Å². The molecule has 0 saturated carbocycles. The Morgan fingerprint density at radius 1 is 0.508 bits per heavy atom. The van der Waals surface area contributed by atoms with E-state index in [9.17, 15) is 0 Å². The lowest BCUT2D eigenvalue weighted by Gasteiger charge is -2.28. The minimum Gasteiger partial charge on any atom is -0.322 e. The van der Waals surface area contributed by atoms with Crippen LogP contribution in [0.5, 0.6) is 0 Å². The maximum atomic E-state index is 2.64. The molecule has 1 aliphatic heterocycles. The molecule has 3 heteroatoms. The van der Waals surface area contributed by atoms with Gasteiger partial charge in [-0.3, -0.25) is 4.57 Å².